The molecular formula is C17H26ClN5O3. The molecule has 26 heavy (non-hydrogen) atoms. The molecule has 1 saturated heterocycles. The minimum atomic E-state index is -0.741. The van der Waals surface area contributed by atoms with Gasteiger partial charge in [0, 0.05) is 0 Å². The lowest BCUT2D eigenvalue weighted by Crippen LogP contribution is -2.49. The lowest BCUT2D eigenvalue weighted by Gasteiger charge is -2.34. The Kier molecular flexibility index (Phi) is 5.00. The third kappa shape index (κ3) is 2.99. The monoisotopic (exact) mass is 383 g/mol. The molecule has 1 spiro atoms. The molecule has 8 nitrogen and oxygen atoms in total. The number of hydrogen-bond donors (Lipinski definition) is 2. The first-order chi connectivity index (χ1) is 12.0. The maximum atomic E-state index is 12.9. The van der Waals surface area contributed by atoms with E-state index < -0.39 is 11.1 Å². The molecular weight excluding hydrogens is 358 g/mol. The van der Waals surface area contributed by atoms with Gasteiger partial charge >= 0.3 is 6.03 Å². The Labute approximate surface area is 158 Å². The van der Waals surface area contributed by atoms with E-state index in [-0.39, 0.29) is 36.8 Å². The number of carbonyl (C=O) groups excluding carboxylic acids is 2. The summed E-state index contributed by atoms with van der Waals surface area (Å²) in [7, 11) is 0. The van der Waals surface area contributed by atoms with Gasteiger partial charge in [0.1, 0.15) is 12.1 Å². The van der Waals surface area contributed by atoms with Gasteiger partial charge in [-0.05, 0) is 50.9 Å². The van der Waals surface area contributed by atoms with E-state index >= 15 is 0 Å². The Bertz CT molecular complexity index is 694. The Hall–Kier alpha value is -1.67. The van der Waals surface area contributed by atoms with E-state index in [2.05, 4.69) is 22.4 Å². The number of imide groups is 1. The summed E-state index contributed by atoms with van der Waals surface area (Å²) >= 11 is 0. The molecule has 144 valence electrons. The van der Waals surface area contributed by atoms with Crippen LogP contribution in [0.2, 0.25) is 0 Å². The molecule has 0 unspecified atom stereocenters. The van der Waals surface area contributed by atoms with E-state index in [9.17, 15) is 9.59 Å². The average molecular weight is 384 g/mol. The zero-order chi connectivity index (χ0) is 17.7. The summed E-state index contributed by atoms with van der Waals surface area (Å²) in [6, 6.07) is -0.370. The van der Waals surface area contributed by atoms with Crippen molar-refractivity contribution in [2.24, 2.45) is 11.7 Å². The van der Waals surface area contributed by atoms with Crippen LogP contribution < -0.4 is 11.1 Å². The summed E-state index contributed by atoms with van der Waals surface area (Å²) in [6.45, 7) is 2.18. The Balaban J connectivity index is 0.00000196. The number of halogens is 1. The van der Waals surface area contributed by atoms with Gasteiger partial charge in [-0.1, -0.05) is 18.5 Å². The molecule has 4 rings (SSSR count). The lowest BCUT2D eigenvalue weighted by atomic mass is 9.75. The smallest absolute Gasteiger partial charge is 0.325 e. The number of nitrogens with zero attached hydrogens (tertiary/aromatic N) is 3. The first-order valence-corrected chi connectivity index (χ1v) is 9.22. The molecule has 0 radical (unpaired) electrons. The predicted molar refractivity (Wildman–Crippen MR) is 95.3 cm³/mol. The molecule has 9 heteroatoms. The normalized spacial score (nSPS) is 30.1. The molecule has 3 aliphatic rings. The number of amides is 3. The molecule has 3 amide bonds. The molecule has 3 N–H and O–H groups in total. The number of aromatic nitrogens is 2. The fourth-order valence-corrected chi connectivity index (χ4v) is 4.18. The van der Waals surface area contributed by atoms with Crippen molar-refractivity contribution in [2.45, 2.75) is 75.9 Å². The lowest BCUT2D eigenvalue weighted by molar-refractivity contribution is -0.133. The number of rotatable bonds is 4. The van der Waals surface area contributed by atoms with Crippen LogP contribution in [0.15, 0.2) is 4.52 Å². The van der Waals surface area contributed by atoms with Crippen molar-refractivity contribution in [1.29, 1.82) is 0 Å². The third-order valence-electron chi connectivity index (χ3n) is 6.23. The van der Waals surface area contributed by atoms with Crippen molar-refractivity contribution in [1.82, 2.24) is 20.4 Å². The third-order valence-corrected chi connectivity index (χ3v) is 6.23. The highest BCUT2D eigenvalue weighted by Crippen LogP contribution is 2.39. The molecule has 2 heterocycles. The summed E-state index contributed by atoms with van der Waals surface area (Å²) in [6.07, 6.45) is 7.17. The van der Waals surface area contributed by atoms with Crippen molar-refractivity contribution in [3.05, 3.63) is 11.7 Å². The molecule has 0 aromatic carbocycles. The highest BCUT2D eigenvalue weighted by Gasteiger charge is 2.52. The molecule has 0 bridgehead atoms. The Morgan fingerprint density at radius 2 is 1.96 bits per heavy atom. The Morgan fingerprint density at radius 1 is 1.27 bits per heavy atom. The average Bonchev–Trinajstić information content (AvgIpc) is 3.13. The van der Waals surface area contributed by atoms with Crippen molar-refractivity contribution < 1.29 is 14.1 Å². The highest BCUT2D eigenvalue weighted by molar-refractivity contribution is 6.06. The van der Waals surface area contributed by atoms with Gasteiger partial charge in [-0.3, -0.25) is 9.69 Å². The van der Waals surface area contributed by atoms with Crippen molar-refractivity contribution in [3.63, 3.8) is 0 Å². The zero-order valence-corrected chi connectivity index (χ0v) is 15.8. The first kappa shape index (κ1) is 19.1. The summed E-state index contributed by atoms with van der Waals surface area (Å²) in [4.78, 5) is 30.8. The van der Waals surface area contributed by atoms with E-state index in [1.807, 2.05) is 0 Å². The van der Waals surface area contributed by atoms with E-state index in [1.165, 1.54) is 4.90 Å². The van der Waals surface area contributed by atoms with Gasteiger partial charge in [0.2, 0.25) is 5.89 Å². The van der Waals surface area contributed by atoms with E-state index in [0.717, 1.165) is 38.5 Å². The van der Waals surface area contributed by atoms with Crippen LogP contribution in [0.3, 0.4) is 0 Å². The van der Waals surface area contributed by atoms with E-state index in [4.69, 9.17) is 10.3 Å². The van der Waals surface area contributed by atoms with Crippen molar-refractivity contribution in [3.8, 4) is 0 Å². The van der Waals surface area contributed by atoms with Crippen molar-refractivity contribution >= 4 is 24.3 Å². The maximum absolute atomic E-state index is 12.9. The number of nitrogens with two attached hydrogens (primary N) is 1. The van der Waals surface area contributed by atoms with E-state index in [0.29, 0.717) is 24.6 Å². The first-order valence-electron chi connectivity index (χ1n) is 9.22. The molecule has 2 aliphatic carbocycles. The summed E-state index contributed by atoms with van der Waals surface area (Å²) in [5.74, 6) is 1.21. The second-order valence-electron chi connectivity index (χ2n) is 7.78. The second-order valence-corrected chi connectivity index (χ2v) is 7.78. The summed E-state index contributed by atoms with van der Waals surface area (Å²) in [5.41, 5.74) is 4.94. The van der Waals surface area contributed by atoms with Gasteiger partial charge in [0.15, 0.2) is 5.82 Å². The van der Waals surface area contributed by atoms with Gasteiger partial charge in [-0.15, -0.1) is 12.4 Å². The fourth-order valence-electron chi connectivity index (χ4n) is 4.18. The standard InChI is InChI=1S/C17H25N5O3.ClH/c1-2-11-4-8-17(9-5-11)14(23)22(15(24)20-17)10-12-19-13(21-25-12)16(18)6-3-7-16;/h11H,2-10,18H2,1H3,(H,20,24);1H. The SMILES string of the molecule is CCC1CCC2(CC1)NC(=O)N(Cc1nc(C3(N)CCC3)no1)C2=O.Cl. The molecule has 3 fully saturated rings. The number of nitrogens with one attached hydrogen (secondary N) is 1. The van der Waals surface area contributed by atoms with Crippen LogP contribution in [0.4, 0.5) is 4.79 Å². The zero-order valence-electron chi connectivity index (χ0n) is 15.0. The van der Waals surface area contributed by atoms with Crippen LogP contribution in [0.1, 0.15) is 70.0 Å². The van der Waals surface area contributed by atoms with Crippen LogP contribution in [0, 0.1) is 5.92 Å². The topological polar surface area (TPSA) is 114 Å². The Morgan fingerprint density at radius 3 is 2.54 bits per heavy atom. The number of hydrogen-bond acceptors (Lipinski definition) is 6. The fraction of sp³-hybridized carbons (Fsp3) is 0.765. The maximum Gasteiger partial charge on any atom is 0.325 e. The van der Waals surface area contributed by atoms with Crippen LogP contribution in [0.5, 0.6) is 0 Å². The number of carbonyl (C=O) groups is 2. The van der Waals surface area contributed by atoms with Crippen LogP contribution >= 0.6 is 12.4 Å². The van der Waals surface area contributed by atoms with Gasteiger partial charge < -0.3 is 15.6 Å². The number of urea groups is 1. The second kappa shape index (κ2) is 6.81. The van der Waals surface area contributed by atoms with Gasteiger partial charge in [-0.25, -0.2) is 4.79 Å². The minimum Gasteiger partial charge on any atom is -0.337 e. The van der Waals surface area contributed by atoms with E-state index in [1.54, 1.807) is 0 Å². The summed E-state index contributed by atoms with van der Waals surface area (Å²) in [5, 5.41) is 6.86. The van der Waals surface area contributed by atoms with Crippen LogP contribution in [-0.2, 0) is 16.9 Å². The van der Waals surface area contributed by atoms with Gasteiger partial charge in [0.05, 0.1) is 5.54 Å². The highest BCUT2D eigenvalue weighted by atomic mass is 35.5. The quantitative estimate of drug-likeness (QED) is 0.770. The van der Waals surface area contributed by atoms with Gasteiger partial charge in [-0.2, -0.15) is 4.98 Å². The van der Waals surface area contributed by atoms with Crippen LogP contribution in [-0.4, -0.2) is 32.5 Å². The molecule has 1 aliphatic heterocycles. The molecule has 1 aromatic rings. The minimum absolute atomic E-state index is 0. The molecule has 0 atom stereocenters. The predicted octanol–water partition coefficient (Wildman–Crippen LogP) is 2.22. The summed E-state index contributed by atoms with van der Waals surface area (Å²) < 4.78 is 5.24. The van der Waals surface area contributed by atoms with Gasteiger partial charge in [0.25, 0.3) is 5.91 Å². The van der Waals surface area contributed by atoms with Crippen LogP contribution in [0.25, 0.3) is 0 Å². The largest absolute Gasteiger partial charge is 0.337 e. The molecule has 1 aromatic heterocycles. The molecule has 2 saturated carbocycles. The van der Waals surface area contributed by atoms with Crippen molar-refractivity contribution in [2.75, 3.05) is 0 Å².